The van der Waals surface area contributed by atoms with Crippen molar-refractivity contribution in [1.29, 1.82) is 0 Å². The molecule has 5 N–H and O–H groups in total. The van der Waals surface area contributed by atoms with Crippen LogP contribution in [0.5, 0.6) is 0 Å². The zero-order chi connectivity index (χ0) is 10.9. The summed E-state index contributed by atoms with van der Waals surface area (Å²) >= 11 is 0. The lowest BCUT2D eigenvalue weighted by atomic mass is 9.85. The summed E-state index contributed by atoms with van der Waals surface area (Å²) in [5.41, 5.74) is 0. The molecule has 1 aliphatic carbocycles. The molecule has 82 valence electrons. The molecule has 14 heavy (non-hydrogen) atoms. The predicted molar refractivity (Wildman–Crippen MR) is 46.2 cm³/mol. The van der Waals surface area contributed by atoms with Crippen LogP contribution in [0.15, 0.2) is 0 Å². The van der Waals surface area contributed by atoms with Crippen LogP contribution < -0.4 is 5.32 Å². The van der Waals surface area contributed by atoms with Gasteiger partial charge >= 0.3 is 0 Å². The molecule has 1 aliphatic rings. The Hall–Kier alpha value is -0.690. The molecule has 0 aromatic heterocycles. The van der Waals surface area contributed by atoms with Crippen LogP contribution in [0, 0.1) is 0 Å². The van der Waals surface area contributed by atoms with Gasteiger partial charge in [-0.3, -0.25) is 4.79 Å². The van der Waals surface area contributed by atoms with Crippen molar-refractivity contribution in [3.05, 3.63) is 0 Å². The average molecular weight is 205 g/mol. The maximum absolute atomic E-state index is 10.7. The highest BCUT2D eigenvalue weighted by Crippen LogP contribution is 2.20. The topological polar surface area (TPSA) is 110 Å². The monoisotopic (exact) mass is 205 g/mol. The molecule has 0 aromatic rings. The fourth-order valence-electron chi connectivity index (χ4n) is 1.61. The molecule has 1 rings (SSSR count). The molecule has 1 saturated carbocycles. The van der Waals surface area contributed by atoms with Crippen LogP contribution in [0.4, 0.5) is 0 Å². The fourth-order valence-corrected chi connectivity index (χ4v) is 1.61. The van der Waals surface area contributed by atoms with E-state index in [0.29, 0.717) is 0 Å². The van der Waals surface area contributed by atoms with Crippen molar-refractivity contribution in [3.8, 4) is 0 Å². The third-order valence-electron chi connectivity index (χ3n) is 2.38. The number of amides is 1. The summed E-state index contributed by atoms with van der Waals surface area (Å²) in [4.78, 5) is 10.7. The molecule has 0 aromatic carbocycles. The third-order valence-corrected chi connectivity index (χ3v) is 2.38. The van der Waals surface area contributed by atoms with Gasteiger partial charge in [0.2, 0.25) is 5.91 Å². The van der Waals surface area contributed by atoms with Crippen LogP contribution in [0.1, 0.15) is 13.3 Å². The Kier molecular flexibility index (Phi) is 3.43. The van der Waals surface area contributed by atoms with Gasteiger partial charge in [-0.2, -0.15) is 0 Å². The van der Waals surface area contributed by atoms with Crippen molar-refractivity contribution in [3.63, 3.8) is 0 Å². The van der Waals surface area contributed by atoms with Crippen LogP contribution in [-0.2, 0) is 4.79 Å². The summed E-state index contributed by atoms with van der Waals surface area (Å²) in [5, 5.41) is 39.7. The Morgan fingerprint density at radius 1 is 1.14 bits per heavy atom. The predicted octanol–water partition coefficient (Wildman–Crippen LogP) is -2.66. The number of aliphatic hydroxyl groups excluding tert-OH is 4. The van der Waals surface area contributed by atoms with Gasteiger partial charge in [-0.1, -0.05) is 0 Å². The first kappa shape index (κ1) is 11.4. The van der Waals surface area contributed by atoms with Gasteiger partial charge in [-0.05, 0) is 0 Å². The Labute approximate surface area is 81.2 Å². The van der Waals surface area contributed by atoms with Gasteiger partial charge in [0, 0.05) is 13.3 Å². The summed E-state index contributed by atoms with van der Waals surface area (Å²) in [7, 11) is 0. The molecule has 0 saturated heterocycles. The number of carbonyl (C=O) groups excluding carboxylic acids is 1. The molecular formula is C8H15NO5. The minimum absolute atomic E-state index is 0.0988. The van der Waals surface area contributed by atoms with Crippen LogP contribution >= 0.6 is 0 Å². The lowest BCUT2D eigenvalue weighted by Gasteiger charge is -2.38. The number of hydrogen-bond donors (Lipinski definition) is 5. The lowest BCUT2D eigenvalue weighted by molar-refractivity contribution is -0.140. The molecule has 0 unspecified atom stereocenters. The minimum Gasteiger partial charge on any atom is -0.390 e. The second kappa shape index (κ2) is 4.22. The quantitative estimate of drug-likeness (QED) is 0.321. The van der Waals surface area contributed by atoms with E-state index in [1.54, 1.807) is 0 Å². The van der Waals surface area contributed by atoms with Crippen LogP contribution in [0.3, 0.4) is 0 Å². The average Bonchev–Trinajstić information content (AvgIpc) is 2.09. The third kappa shape index (κ3) is 2.21. The molecule has 0 heterocycles. The second-order valence-corrected chi connectivity index (χ2v) is 3.58. The highest BCUT2D eigenvalue weighted by atomic mass is 16.4. The normalized spacial score (nSPS) is 43.4. The molecule has 0 spiro atoms. The highest BCUT2D eigenvalue weighted by Gasteiger charge is 2.42. The minimum atomic E-state index is -1.25. The number of nitrogens with one attached hydrogen (secondary N) is 1. The smallest absolute Gasteiger partial charge is 0.217 e. The van der Waals surface area contributed by atoms with E-state index in [-0.39, 0.29) is 6.42 Å². The fraction of sp³-hybridized carbons (Fsp3) is 0.875. The van der Waals surface area contributed by atoms with Gasteiger partial charge in [0.05, 0.1) is 18.2 Å². The van der Waals surface area contributed by atoms with Gasteiger partial charge in [-0.15, -0.1) is 0 Å². The second-order valence-electron chi connectivity index (χ2n) is 3.58. The SMILES string of the molecule is CC(=O)NC1[C@H](O)[C@@H](O)C[C@H](O)[C@H]1O. The van der Waals surface area contributed by atoms with Crippen molar-refractivity contribution in [1.82, 2.24) is 5.32 Å². The molecule has 1 amide bonds. The largest absolute Gasteiger partial charge is 0.390 e. The number of rotatable bonds is 1. The van der Waals surface area contributed by atoms with Gasteiger partial charge in [0.15, 0.2) is 0 Å². The van der Waals surface area contributed by atoms with Crippen LogP contribution in [-0.4, -0.2) is 56.8 Å². The molecule has 6 nitrogen and oxygen atoms in total. The maximum atomic E-state index is 10.7. The van der Waals surface area contributed by atoms with E-state index in [4.69, 9.17) is 0 Å². The van der Waals surface area contributed by atoms with Crippen molar-refractivity contribution in [2.24, 2.45) is 0 Å². The van der Waals surface area contributed by atoms with Gasteiger partial charge < -0.3 is 25.7 Å². The summed E-state index contributed by atoms with van der Waals surface area (Å²) in [6, 6.07) is -1.02. The first-order chi connectivity index (χ1) is 6.43. The van der Waals surface area contributed by atoms with Crippen molar-refractivity contribution in [2.45, 2.75) is 43.8 Å². The van der Waals surface area contributed by atoms with Crippen molar-refractivity contribution in [2.75, 3.05) is 0 Å². The van der Waals surface area contributed by atoms with Gasteiger partial charge in [0.25, 0.3) is 0 Å². The molecule has 4 atom stereocenters. The zero-order valence-electron chi connectivity index (χ0n) is 7.79. The molecule has 0 bridgehead atoms. The number of aliphatic hydroxyl groups is 4. The number of carbonyl (C=O) groups is 1. The molecule has 0 radical (unpaired) electrons. The standard InChI is InChI=1S/C8H15NO5/c1-3(10)9-6-7(13)4(11)2-5(12)8(6)14/h4-8,11-14H,2H2,1H3,(H,9,10)/t4-,5-,7+,8+/m0/s1. The van der Waals surface area contributed by atoms with Crippen LogP contribution in [0.2, 0.25) is 0 Å². The van der Waals surface area contributed by atoms with Gasteiger partial charge in [0.1, 0.15) is 12.2 Å². The summed E-state index contributed by atoms with van der Waals surface area (Å²) in [5.74, 6) is -0.436. The summed E-state index contributed by atoms with van der Waals surface area (Å²) in [6.07, 6.45) is -4.87. The Morgan fingerprint density at radius 2 is 1.57 bits per heavy atom. The maximum Gasteiger partial charge on any atom is 0.217 e. The van der Waals surface area contributed by atoms with Crippen molar-refractivity contribution >= 4 is 5.91 Å². The number of hydrogen-bond acceptors (Lipinski definition) is 5. The Bertz CT molecular complexity index is 208. The Balaban J connectivity index is 2.71. The molecule has 6 heteroatoms. The first-order valence-electron chi connectivity index (χ1n) is 4.43. The van der Waals surface area contributed by atoms with Gasteiger partial charge in [-0.25, -0.2) is 0 Å². The lowest BCUT2D eigenvalue weighted by Crippen LogP contribution is -2.62. The zero-order valence-corrected chi connectivity index (χ0v) is 7.79. The Morgan fingerprint density at radius 3 is 1.93 bits per heavy atom. The molecule has 1 fully saturated rings. The summed E-state index contributed by atoms with van der Waals surface area (Å²) < 4.78 is 0. The molecule has 0 aliphatic heterocycles. The van der Waals surface area contributed by atoms with E-state index in [1.165, 1.54) is 6.92 Å². The van der Waals surface area contributed by atoms with Crippen molar-refractivity contribution < 1.29 is 25.2 Å². The summed E-state index contributed by atoms with van der Waals surface area (Å²) in [6.45, 7) is 1.23. The van der Waals surface area contributed by atoms with E-state index < -0.39 is 36.4 Å². The highest BCUT2D eigenvalue weighted by molar-refractivity contribution is 5.73. The van der Waals surface area contributed by atoms with E-state index in [9.17, 15) is 25.2 Å². The molecular weight excluding hydrogens is 190 g/mol. The van der Waals surface area contributed by atoms with E-state index >= 15 is 0 Å². The van der Waals surface area contributed by atoms with E-state index in [1.807, 2.05) is 0 Å². The van der Waals surface area contributed by atoms with Crippen LogP contribution in [0.25, 0.3) is 0 Å². The first-order valence-corrected chi connectivity index (χ1v) is 4.43. The van der Waals surface area contributed by atoms with E-state index in [0.717, 1.165) is 0 Å². The van der Waals surface area contributed by atoms with E-state index in [2.05, 4.69) is 5.32 Å².